The molecule has 0 atom stereocenters. The third-order valence-corrected chi connectivity index (χ3v) is 7.28. The number of carbonyl (C=O) groups excluding carboxylic acids is 2. The monoisotopic (exact) mass is 454 g/mol. The van der Waals surface area contributed by atoms with E-state index < -0.39 is 0 Å². The number of piperazine rings is 1. The Labute approximate surface area is 199 Å². The molecule has 0 bridgehead atoms. The first-order valence-electron chi connectivity index (χ1n) is 12.8. The van der Waals surface area contributed by atoms with E-state index in [9.17, 15) is 9.59 Å². The number of ketones is 1. The van der Waals surface area contributed by atoms with Crippen LogP contribution >= 0.6 is 0 Å². The molecule has 182 valence electrons. The minimum Gasteiger partial charge on any atom is -0.312 e. The summed E-state index contributed by atoms with van der Waals surface area (Å²) in [5.74, 6) is 0.802. The number of carbonyl (C=O) groups is 2. The molecular formula is C27H42N4O2. The van der Waals surface area contributed by atoms with Crippen molar-refractivity contribution in [1.82, 2.24) is 14.7 Å². The average Bonchev–Trinajstić information content (AvgIpc) is 2.76. The molecule has 0 aliphatic carbocycles. The topological polar surface area (TPSA) is 47.1 Å². The second kappa shape index (κ2) is 10.7. The number of piperidine rings is 2. The Balaban J connectivity index is 1.20. The van der Waals surface area contributed by atoms with Gasteiger partial charge in [-0.2, -0.15) is 0 Å². The molecule has 3 aliphatic rings. The van der Waals surface area contributed by atoms with Crippen LogP contribution in [0.15, 0.2) is 24.3 Å². The van der Waals surface area contributed by atoms with Crippen LogP contribution < -0.4 is 4.90 Å². The predicted octanol–water partition coefficient (Wildman–Crippen LogP) is 3.26. The number of amides is 1. The molecule has 0 aromatic heterocycles. The first kappa shape index (κ1) is 24.4. The fourth-order valence-corrected chi connectivity index (χ4v) is 5.56. The number of benzene rings is 1. The number of anilines is 1. The third-order valence-electron chi connectivity index (χ3n) is 7.28. The lowest BCUT2D eigenvalue weighted by Gasteiger charge is -2.40. The summed E-state index contributed by atoms with van der Waals surface area (Å²) in [6.07, 6.45) is 3.06. The Morgan fingerprint density at radius 3 is 2.24 bits per heavy atom. The Bertz CT molecular complexity index is 818. The van der Waals surface area contributed by atoms with Gasteiger partial charge in [0, 0.05) is 64.5 Å². The quantitative estimate of drug-likeness (QED) is 0.618. The summed E-state index contributed by atoms with van der Waals surface area (Å²) in [6.45, 7) is 18.0. The van der Waals surface area contributed by atoms with Gasteiger partial charge in [-0.25, -0.2) is 0 Å². The summed E-state index contributed by atoms with van der Waals surface area (Å²) >= 11 is 0. The molecule has 0 spiro atoms. The zero-order valence-corrected chi connectivity index (χ0v) is 20.9. The van der Waals surface area contributed by atoms with E-state index in [0.717, 1.165) is 31.2 Å². The van der Waals surface area contributed by atoms with Gasteiger partial charge >= 0.3 is 0 Å². The van der Waals surface area contributed by atoms with Crippen LogP contribution in [0.4, 0.5) is 5.69 Å². The fourth-order valence-electron chi connectivity index (χ4n) is 5.56. The van der Waals surface area contributed by atoms with Crippen LogP contribution in [0.1, 0.15) is 52.0 Å². The molecule has 3 heterocycles. The summed E-state index contributed by atoms with van der Waals surface area (Å²) in [5.41, 5.74) is 2.58. The maximum atomic E-state index is 12.3. The smallest absolute Gasteiger partial charge is 0.234 e. The second-order valence-corrected chi connectivity index (χ2v) is 11.5. The van der Waals surface area contributed by atoms with Crippen molar-refractivity contribution in [3.63, 3.8) is 0 Å². The molecule has 3 aliphatic heterocycles. The van der Waals surface area contributed by atoms with Crippen LogP contribution in [0.3, 0.4) is 0 Å². The van der Waals surface area contributed by atoms with Gasteiger partial charge in [-0.15, -0.1) is 0 Å². The molecule has 1 aromatic rings. The van der Waals surface area contributed by atoms with Crippen molar-refractivity contribution in [3.05, 3.63) is 29.8 Å². The minimum atomic E-state index is -0.0662. The Kier molecular flexibility index (Phi) is 7.87. The SMILES string of the molecule is CC(C)(C)CN1CCN(CC2CCN(Cc3cccc(N4CCC(=O)CC4=O)c3)CC2)CC1. The van der Waals surface area contributed by atoms with E-state index in [1.54, 1.807) is 4.90 Å². The van der Waals surface area contributed by atoms with Crippen LogP contribution in [0.5, 0.6) is 0 Å². The molecule has 0 radical (unpaired) electrons. The molecule has 33 heavy (non-hydrogen) atoms. The van der Waals surface area contributed by atoms with Crippen molar-refractivity contribution in [2.45, 2.75) is 53.0 Å². The Morgan fingerprint density at radius 1 is 0.879 bits per heavy atom. The van der Waals surface area contributed by atoms with E-state index in [4.69, 9.17) is 0 Å². The van der Waals surface area contributed by atoms with Crippen molar-refractivity contribution < 1.29 is 9.59 Å². The number of rotatable bonds is 6. The maximum Gasteiger partial charge on any atom is 0.234 e. The van der Waals surface area contributed by atoms with E-state index in [2.05, 4.69) is 47.6 Å². The first-order valence-corrected chi connectivity index (χ1v) is 12.8. The van der Waals surface area contributed by atoms with E-state index in [-0.39, 0.29) is 18.1 Å². The zero-order chi connectivity index (χ0) is 23.4. The van der Waals surface area contributed by atoms with Gasteiger partial charge in [-0.05, 0) is 55.0 Å². The van der Waals surface area contributed by atoms with Crippen LogP contribution in [-0.4, -0.2) is 85.3 Å². The van der Waals surface area contributed by atoms with E-state index in [1.165, 1.54) is 57.7 Å². The predicted molar refractivity (Wildman–Crippen MR) is 133 cm³/mol. The van der Waals surface area contributed by atoms with E-state index in [0.29, 0.717) is 18.4 Å². The molecule has 0 saturated carbocycles. The molecular weight excluding hydrogens is 412 g/mol. The molecule has 4 rings (SSSR count). The maximum absolute atomic E-state index is 12.3. The van der Waals surface area contributed by atoms with E-state index >= 15 is 0 Å². The fraction of sp³-hybridized carbons (Fsp3) is 0.704. The van der Waals surface area contributed by atoms with Crippen LogP contribution in [0.25, 0.3) is 0 Å². The highest BCUT2D eigenvalue weighted by Gasteiger charge is 2.27. The Hall–Kier alpha value is -1.76. The van der Waals surface area contributed by atoms with Crippen molar-refractivity contribution in [1.29, 1.82) is 0 Å². The highest BCUT2D eigenvalue weighted by molar-refractivity contribution is 6.08. The lowest BCUT2D eigenvalue weighted by atomic mass is 9.94. The highest BCUT2D eigenvalue weighted by atomic mass is 16.2. The van der Waals surface area contributed by atoms with Gasteiger partial charge in [-0.3, -0.25) is 14.5 Å². The van der Waals surface area contributed by atoms with Crippen LogP contribution in [0.2, 0.25) is 0 Å². The van der Waals surface area contributed by atoms with Crippen LogP contribution in [-0.2, 0) is 16.1 Å². The summed E-state index contributed by atoms with van der Waals surface area (Å²) < 4.78 is 0. The summed E-state index contributed by atoms with van der Waals surface area (Å²) in [6, 6.07) is 8.33. The number of hydrogen-bond acceptors (Lipinski definition) is 5. The molecule has 6 heteroatoms. The summed E-state index contributed by atoms with van der Waals surface area (Å²) in [5, 5.41) is 0. The molecule has 6 nitrogen and oxygen atoms in total. The zero-order valence-electron chi connectivity index (χ0n) is 20.9. The highest BCUT2D eigenvalue weighted by Crippen LogP contribution is 2.24. The first-order chi connectivity index (χ1) is 15.7. The van der Waals surface area contributed by atoms with Crippen LogP contribution in [0, 0.1) is 11.3 Å². The van der Waals surface area contributed by atoms with E-state index in [1.807, 2.05) is 12.1 Å². The number of Topliss-reactive ketones (excluding diaryl/α,β-unsaturated/α-hetero) is 1. The number of likely N-dealkylation sites (tertiary alicyclic amines) is 1. The lowest BCUT2D eigenvalue weighted by Crippen LogP contribution is -2.50. The summed E-state index contributed by atoms with van der Waals surface area (Å²) in [4.78, 5) is 33.5. The van der Waals surface area contributed by atoms with Gasteiger partial charge < -0.3 is 14.7 Å². The molecule has 1 aromatic carbocycles. The van der Waals surface area contributed by atoms with Crippen molar-refractivity contribution in [2.24, 2.45) is 11.3 Å². The molecule has 1 amide bonds. The average molecular weight is 455 g/mol. The van der Waals surface area contributed by atoms with Gasteiger partial charge in [0.25, 0.3) is 0 Å². The molecule has 0 unspecified atom stereocenters. The standard InChI is InChI=1S/C27H42N4O2/c1-27(2,3)21-30-15-13-29(14-16-30)19-22-7-10-28(11-8-22)20-23-5-4-6-24(17-23)31-12-9-25(32)18-26(31)33/h4-6,17,22H,7-16,18-21H2,1-3H3. The summed E-state index contributed by atoms with van der Waals surface area (Å²) in [7, 11) is 0. The van der Waals surface area contributed by atoms with Gasteiger partial charge in [0.2, 0.25) is 5.91 Å². The number of hydrogen-bond donors (Lipinski definition) is 0. The van der Waals surface area contributed by atoms with Crippen molar-refractivity contribution >= 4 is 17.4 Å². The van der Waals surface area contributed by atoms with Crippen molar-refractivity contribution in [2.75, 3.05) is 63.8 Å². The molecule has 3 fully saturated rings. The van der Waals surface area contributed by atoms with Gasteiger partial charge in [0.05, 0.1) is 6.42 Å². The normalized spacial score (nSPS) is 22.8. The van der Waals surface area contributed by atoms with Gasteiger partial charge in [0.15, 0.2) is 0 Å². The molecule has 0 N–H and O–H groups in total. The van der Waals surface area contributed by atoms with Crippen molar-refractivity contribution in [3.8, 4) is 0 Å². The minimum absolute atomic E-state index is 0.0450. The van der Waals surface area contributed by atoms with Gasteiger partial charge in [0.1, 0.15) is 5.78 Å². The number of nitrogens with zero attached hydrogens (tertiary/aromatic N) is 4. The lowest BCUT2D eigenvalue weighted by molar-refractivity contribution is -0.128. The molecule has 3 saturated heterocycles. The second-order valence-electron chi connectivity index (χ2n) is 11.5. The Morgan fingerprint density at radius 2 is 1.58 bits per heavy atom. The van der Waals surface area contributed by atoms with Gasteiger partial charge in [-0.1, -0.05) is 32.9 Å². The largest absolute Gasteiger partial charge is 0.312 e. The third kappa shape index (κ3) is 7.11.